The molecule has 0 saturated heterocycles. The fourth-order valence-electron chi connectivity index (χ4n) is 3.72. The molecule has 0 aliphatic heterocycles. The molecular formula is C25H21N5O. The number of H-pyrrole nitrogens is 1. The molecule has 3 aromatic heterocycles. The lowest BCUT2D eigenvalue weighted by atomic mass is 10.0. The molecule has 1 N–H and O–H groups in total. The quantitative estimate of drug-likeness (QED) is 0.463. The molecular weight excluding hydrogens is 386 g/mol. The molecule has 0 spiro atoms. The third kappa shape index (κ3) is 3.38. The van der Waals surface area contributed by atoms with E-state index in [2.05, 4.69) is 45.4 Å². The van der Waals surface area contributed by atoms with Crippen LogP contribution in [0.5, 0.6) is 0 Å². The van der Waals surface area contributed by atoms with E-state index in [4.69, 9.17) is 4.98 Å². The standard InChI is InChI=1S/C25H21N5O/c1-29(2)21-10-8-17(9-11-21)19-12-22-23(20-14-27-28-15-20)16-30(24(22)26-13-19)25(31)18-6-4-3-5-7-18/h3-16H,1-2H3,(H,27,28). The lowest BCUT2D eigenvalue weighted by Gasteiger charge is -2.12. The molecule has 0 amide bonds. The first-order valence-electron chi connectivity index (χ1n) is 9.99. The second kappa shape index (κ2) is 7.57. The Morgan fingerprint density at radius 1 is 0.935 bits per heavy atom. The second-order valence-electron chi connectivity index (χ2n) is 7.61. The molecule has 0 fully saturated rings. The Bertz CT molecular complexity index is 1350. The van der Waals surface area contributed by atoms with Crippen molar-refractivity contribution in [3.8, 4) is 22.3 Å². The first-order valence-corrected chi connectivity index (χ1v) is 9.99. The van der Waals surface area contributed by atoms with E-state index in [9.17, 15) is 4.79 Å². The Morgan fingerprint density at radius 3 is 2.39 bits per heavy atom. The van der Waals surface area contributed by atoms with Crippen LogP contribution in [0.25, 0.3) is 33.3 Å². The molecule has 2 aromatic carbocycles. The van der Waals surface area contributed by atoms with Gasteiger partial charge >= 0.3 is 0 Å². The molecule has 5 rings (SSSR count). The van der Waals surface area contributed by atoms with Crippen molar-refractivity contribution < 1.29 is 4.79 Å². The number of aromatic nitrogens is 4. The molecule has 31 heavy (non-hydrogen) atoms. The summed E-state index contributed by atoms with van der Waals surface area (Å²) < 4.78 is 1.62. The van der Waals surface area contributed by atoms with Gasteiger partial charge in [0.15, 0.2) is 0 Å². The average Bonchev–Trinajstić information content (AvgIpc) is 3.47. The van der Waals surface area contributed by atoms with Gasteiger partial charge in [0.25, 0.3) is 5.91 Å². The molecule has 152 valence electrons. The van der Waals surface area contributed by atoms with E-state index in [0.29, 0.717) is 11.2 Å². The van der Waals surface area contributed by atoms with E-state index in [1.165, 1.54) is 0 Å². The Morgan fingerprint density at radius 2 is 1.71 bits per heavy atom. The minimum absolute atomic E-state index is 0.115. The van der Waals surface area contributed by atoms with Crippen LogP contribution in [-0.2, 0) is 0 Å². The van der Waals surface area contributed by atoms with Crippen molar-refractivity contribution in [1.82, 2.24) is 19.7 Å². The van der Waals surface area contributed by atoms with Crippen LogP contribution in [0, 0.1) is 0 Å². The minimum atomic E-state index is -0.115. The molecule has 0 radical (unpaired) electrons. The molecule has 0 unspecified atom stereocenters. The summed E-state index contributed by atoms with van der Waals surface area (Å²) in [6, 6.07) is 19.7. The third-order valence-electron chi connectivity index (χ3n) is 5.41. The number of benzene rings is 2. The Labute approximate surface area is 179 Å². The van der Waals surface area contributed by atoms with E-state index in [-0.39, 0.29) is 5.91 Å². The van der Waals surface area contributed by atoms with Crippen LogP contribution in [0.2, 0.25) is 0 Å². The van der Waals surface area contributed by atoms with Crippen molar-refractivity contribution in [3.63, 3.8) is 0 Å². The topological polar surface area (TPSA) is 66.8 Å². The van der Waals surface area contributed by atoms with Crippen LogP contribution in [0.4, 0.5) is 5.69 Å². The number of anilines is 1. The van der Waals surface area contributed by atoms with Crippen molar-refractivity contribution in [2.24, 2.45) is 0 Å². The Balaban J connectivity index is 1.66. The van der Waals surface area contributed by atoms with Crippen molar-refractivity contribution in [1.29, 1.82) is 0 Å². The third-order valence-corrected chi connectivity index (χ3v) is 5.41. The van der Waals surface area contributed by atoms with Crippen LogP contribution in [0.1, 0.15) is 10.4 Å². The van der Waals surface area contributed by atoms with Gasteiger partial charge in [0, 0.05) is 66.0 Å². The molecule has 0 saturated carbocycles. The van der Waals surface area contributed by atoms with Crippen LogP contribution in [-0.4, -0.2) is 39.8 Å². The number of nitrogens with zero attached hydrogens (tertiary/aromatic N) is 4. The number of pyridine rings is 1. The van der Waals surface area contributed by atoms with E-state index >= 15 is 0 Å². The summed E-state index contributed by atoms with van der Waals surface area (Å²) >= 11 is 0. The van der Waals surface area contributed by atoms with Gasteiger partial charge in [-0.15, -0.1) is 0 Å². The maximum atomic E-state index is 13.2. The average molecular weight is 407 g/mol. The van der Waals surface area contributed by atoms with Gasteiger partial charge in [-0.05, 0) is 35.9 Å². The minimum Gasteiger partial charge on any atom is -0.378 e. The summed E-state index contributed by atoms with van der Waals surface area (Å²) in [5.41, 5.74) is 6.25. The zero-order valence-electron chi connectivity index (χ0n) is 17.3. The fourth-order valence-corrected chi connectivity index (χ4v) is 3.72. The van der Waals surface area contributed by atoms with Crippen LogP contribution >= 0.6 is 0 Å². The van der Waals surface area contributed by atoms with Gasteiger partial charge in [0.05, 0.1) is 6.20 Å². The molecule has 0 bridgehead atoms. The van der Waals surface area contributed by atoms with E-state index in [0.717, 1.165) is 33.3 Å². The number of hydrogen-bond acceptors (Lipinski definition) is 4. The first-order chi connectivity index (χ1) is 15.1. The second-order valence-corrected chi connectivity index (χ2v) is 7.61. The van der Waals surface area contributed by atoms with Gasteiger partial charge in [0.1, 0.15) is 5.65 Å². The van der Waals surface area contributed by atoms with Crippen LogP contribution in [0.3, 0.4) is 0 Å². The van der Waals surface area contributed by atoms with Crippen LogP contribution < -0.4 is 4.90 Å². The summed E-state index contributed by atoms with van der Waals surface area (Å²) in [5, 5.41) is 7.84. The van der Waals surface area contributed by atoms with Crippen LogP contribution in [0.15, 0.2) is 85.5 Å². The summed E-state index contributed by atoms with van der Waals surface area (Å²) in [6.45, 7) is 0. The van der Waals surface area contributed by atoms with Crippen molar-refractivity contribution in [2.75, 3.05) is 19.0 Å². The molecule has 0 aliphatic rings. The number of nitrogens with one attached hydrogen (secondary N) is 1. The maximum absolute atomic E-state index is 13.2. The van der Waals surface area contributed by atoms with Gasteiger partial charge in [-0.3, -0.25) is 14.5 Å². The SMILES string of the molecule is CN(C)c1ccc(-c2cnc3c(c2)c(-c2cn[nH]c2)cn3C(=O)c2ccccc2)cc1. The molecule has 6 heteroatoms. The largest absolute Gasteiger partial charge is 0.378 e. The predicted octanol–water partition coefficient (Wildman–Crippen LogP) is 4.85. The van der Waals surface area contributed by atoms with Gasteiger partial charge in [-0.2, -0.15) is 5.10 Å². The summed E-state index contributed by atoms with van der Waals surface area (Å²) in [5.74, 6) is -0.115. The van der Waals surface area contributed by atoms with E-state index in [1.54, 1.807) is 10.8 Å². The number of fused-ring (bicyclic) bond motifs is 1. The van der Waals surface area contributed by atoms with E-state index < -0.39 is 0 Å². The lowest BCUT2D eigenvalue weighted by molar-refractivity contribution is 0.0964. The highest BCUT2D eigenvalue weighted by Gasteiger charge is 2.18. The van der Waals surface area contributed by atoms with Gasteiger partial charge in [-0.1, -0.05) is 30.3 Å². The van der Waals surface area contributed by atoms with Crippen molar-refractivity contribution in [2.45, 2.75) is 0 Å². The summed E-state index contributed by atoms with van der Waals surface area (Å²) in [4.78, 5) is 20.0. The highest BCUT2D eigenvalue weighted by Crippen LogP contribution is 2.33. The fraction of sp³-hybridized carbons (Fsp3) is 0.0800. The van der Waals surface area contributed by atoms with Crippen molar-refractivity contribution in [3.05, 3.63) is 91.0 Å². The maximum Gasteiger partial charge on any atom is 0.263 e. The molecule has 3 heterocycles. The number of rotatable bonds is 4. The number of carbonyl (C=O) groups is 1. The molecule has 5 aromatic rings. The zero-order chi connectivity index (χ0) is 21.4. The van der Waals surface area contributed by atoms with E-state index in [1.807, 2.05) is 63.0 Å². The highest BCUT2D eigenvalue weighted by molar-refractivity contribution is 6.06. The lowest BCUT2D eigenvalue weighted by Crippen LogP contribution is -2.11. The smallest absolute Gasteiger partial charge is 0.263 e. The van der Waals surface area contributed by atoms with Crippen molar-refractivity contribution >= 4 is 22.6 Å². The number of carbonyl (C=O) groups excluding carboxylic acids is 1. The summed E-state index contributed by atoms with van der Waals surface area (Å²) in [6.07, 6.45) is 7.24. The number of hydrogen-bond donors (Lipinski definition) is 1. The van der Waals surface area contributed by atoms with Gasteiger partial charge < -0.3 is 4.90 Å². The summed E-state index contributed by atoms with van der Waals surface area (Å²) in [7, 11) is 4.04. The Hall–Kier alpha value is -4.19. The normalized spacial score (nSPS) is 11.0. The van der Waals surface area contributed by atoms with Gasteiger partial charge in [0.2, 0.25) is 0 Å². The molecule has 6 nitrogen and oxygen atoms in total. The predicted molar refractivity (Wildman–Crippen MR) is 123 cm³/mol. The monoisotopic (exact) mass is 407 g/mol. The molecule has 0 aliphatic carbocycles. The first kappa shape index (κ1) is 18.8. The highest BCUT2D eigenvalue weighted by atomic mass is 16.2. The Kier molecular flexibility index (Phi) is 4.59. The van der Waals surface area contributed by atoms with Gasteiger partial charge in [-0.25, -0.2) is 4.98 Å². The zero-order valence-corrected chi connectivity index (χ0v) is 17.3. The molecule has 0 atom stereocenters. The number of aromatic amines is 1.